The van der Waals surface area contributed by atoms with Crippen LogP contribution < -0.4 is 20.7 Å². The number of hydrogen-bond donors (Lipinski definition) is 3. The zero-order chi connectivity index (χ0) is 20.7. The van der Waals surface area contributed by atoms with Crippen LogP contribution in [0.15, 0.2) is 48.5 Å². The summed E-state index contributed by atoms with van der Waals surface area (Å²) in [6, 6.07) is 14.2. The third kappa shape index (κ3) is 6.39. The Hall–Kier alpha value is -2.86. The van der Waals surface area contributed by atoms with Crippen molar-refractivity contribution in [3.8, 4) is 5.75 Å². The average molecular weight is 383 g/mol. The highest BCUT2D eigenvalue weighted by molar-refractivity contribution is 5.97. The highest BCUT2D eigenvalue weighted by Gasteiger charge is 2.23. The Balaban J connectivity index is 2.19. The van der Waals surface area contributed by atoms with Crippen molar-refractivity contribution in [2.24, 2.45) is 0 Å². The maximum Gasteiger partial charge on any atom is 0.246 e. The minimum absolute atomic E-state index is 0.0230. The number of aryl methyl sites for hydroxylation is 1. The van der Waals surface area contributed by atoms with Crippen LogP contribution >= 0.6 is 0 Å². The lowest BCUT2D eigenvalue weighted by Gasteiger charge is -2.23. The molecule has 2 aromatic carbocycles. The second-order valence-corrected chi connectivity index (χ2v) is 7.72. The molecule has 28 heavy (non-hydrogen) atoms. The molecule has 0 aliphatic heterocycles. The lowest BCUT2D eigenvalue weighted by atomic mass is 10.1. The zero-order valence-electron chi connectivity index (χ0n) is 17.1. The van der Waals surface area contributed by atoms with Gasteiger partial charge in [0.2, 0.25) is 11.8 Å². The normalized spacial score (nSPS) is 12.2. The Kier molecular flexibility index (Phi) is 7.18. The smallest absolute Gasteiger partial charge is 0.246 e. The summed E-state index contributed by atoms with van der Waals surface area (Å²) in [6.45, 7) is 7.71. The first-order chi connectivity index (χ1) is 13.2. The number of ether oxygens (including phenoxy) is 1. The fourth-order valence-corrected chi connectivity index (χ4v) is 2.79. The van der Waals surface area contributed by atoms with Crippen LogP contribution in [0.5, 0.6) is 5.75 Å². The van der Waals surface area contributed by atoms with Gasteiger partial charge in [-0.1, -0.05) is 36.4 Å². The van der Waals surface area contributed by atoms with Gasteiger partial charge in [-0.25, -0.2) is 0 Å². The van der Waals surface area contributed by atoms with Crippen LogP contribution in [0.4, 0.5) is 5.69 Å². The van der Waals surface area contributed by atoms with E-state index < -0.39 is 6.04 Å². The fourth-order valence-electron chi connectivity index (χ4n) is 2.79. The van der Waals surface area contributed by atoms with Crippen molar-refractivity contribution in [2.75, 3.05) is 19.0 Å². The summed E-state index contributed by atoms with van der Waals surface area (Å²) in [5, 5.41) is 8.87. The van der Waals surface area contributed by atoms with E-state index in [0.717, 1.165) is 11.1 Å². The van der Waals surface area contributed by atoms with Crippen molar-refractivity contribution in [3.63, 3.8) is 0 Å². The van der Waals surface area contributed by atoms with Crippen LogP contribution in [0.25, 0.3) is 0 Å². The molecule has 2 amide bonds. The van der Waals surface area contributed by atoms with Crippen molar-refractivity contribution in [2.45, 2.75) is 39.3 Å². The first kappa shape index (κ1) is 21.4. The molecule has 0 fully saturated rings. The Labute approximate surface area is 166 Å². The molecule has 0 bridgehead atoms. The molecule has 0 saturated carbocycles. The molecule has 0 aromatic heterocycles. The second kappa shape index (κ2) is 9.37. The molecule has 1 unspecified atom stereocenters. The summed E-state index contributed by atoms with van der Waals surface area (Å²) >= 11 is 0. The van der Waals surface area contributed by atoms with Crippen molar-refractivity contribution < 1.29 is 14.3 Å². The van der Waals surface area contributed by atoms with Gasteiger partial charge in [-0.2, -0.15) is 0 Å². The van der Waals surface area contributed by atoms with Crippen molar-refractivity contribution in [1.29, 1.82) is 0 Å². The zero-order valence-corrected chi connectivity index (χ0v) is 17.1. The highest BCUT2D eigenvalue weighted by Crippen LogP contribution is 2.26. The van der Waals surface area contributed by atoms with Gasteiger partial charge in [0.15, 0.2) is 0 Å². The van der Waals surface area contributed by atoms with Crippen LogP contribution in [0.2, 0.25) is 0 Å². The van der Waals surface area contributed by atoms with E-state index in [4.69, 9.17) is 4.74 Å². The lowest BCUT2D eigenvalue weighted by molar-refractivity contribution is -0.122. The number of carbonyl (C=O) groups is 2. The molecule has 6 heteroatoms. The molecule has 6 nitrogen and oxygen atoms in total. The molecule has 150 valence electrons. The molecule has 0 saturated heterocycles. The molecule has 2 aromatic rings. The molecule has 0 radical (unpaired) electrons. The highest BCUT2D eigenvalue weighted by atomic mass is 16.5. The largest absolute Gasteiger partial charge is 0.495 e. The Bertz CT molecular complexity index is 814. The summed E-state index contributed by atoms with van der Waals surface area (Å²) in [7, 11) is 1.56. The summed E-state index contributed by atoms with van der Waals surface area (Å²) in [4.78, 5) is 25.2. The molecule has 0 aliphatic carbocycles. The van der Waals surface area contributed by atoms with Gasteiger partial charge < -0.3 is 15.4 Å². The third-order valence-electron chi connectivity index (χ3n) is 3.99. The van der Waals surface area contributed by atoms with Crippen molar-refractivity contribution >= 4 is 17.5 Å². The Morgan fingerprint density at radius 3 is 2.36 bits per heavy atom. The molecule has 0 spiro atoms. The number of amides is 2. The summed E-state index contributed by atoms with van der Waals surface area (Å²) in [5.74, 6) is 0.143. The molecule has 0 aliphatic rings. The number of hydrogen-bond acceptors (Lipinski definition) is 4. The van der Waals surface area contributed by atoms with E-state index in [1.54, 1.807) is 7.11 Å². The predicted octanol–water partition coefficient (Wildman–Crippen LogP) is 3.19. The van der Waals surface area contributed by atoms with E-state index in [2.05, 4.69) is 16.0 Å². The van der Waals surface area contributed by atoms with Crippen molar-refractivity contribution in [1.82, 2.24) is 10.6 Å². The predicted molar refractivity (Wildman–Crippen MR) is 111 cm³/mol. The minimum atomic E-state index is -0.683. The number of methoxy groups -OCH3 is 1. The van der Waals surface area contributed by atoms with Gasteiger partial charge in [0.05, 0.1) is 19.3 Å². The van der Waals surface area contributed by atoms with Gasteiger partial charge in [-0.3, -0.25) is 14.9 Å². The van der Waals surface area contributed by atoms with E-state index in [9.17, 15) is 9.59 Å². The van der Waals surface area contributed by atoms with Gasteiger partial charge in [0.25, 0.3) is 0 Å². The summed E-state index contributed by atoms with van der Waals surface area (Å²) < 4.78 is 5.34. The van der Waals surface area contributed by atoms with E-state index in [0.29, 0.717) is 11.4 Å². The van der Waals surface area contributed by atoms with Gasteiger partial charge >= 0.3 is 0 Å². The maximum atomic E-state index is 13.0. The monoisotopic (exact) mass is 383 g/mol. The molecule has 0 heterocycles. The minimum Gasteiger partial charge on any atom is -0.495 e. The van der Waals surface area contributed by atoms with Crippen molar-refractivity contribution in [3.05, 3.63) is 59.7 Å². The van der Waals surface area contributed by atoms with E-state index in [1.165, 1.54) is 0 Å². The number of nitrogens with one attached hydrogen (secondary N) is 3. The first-order valence-electron chi connectivity index (χ1n) is 9.24. The van der Waals surface area contributed by atoms with E-state index >= 15 is 0 Å². The fraction of sp³-hybridized carbons (Fsp3) is 0.364. The Morgan fingerprint density at radius 1 is 1.07 bits per heavy atom. The first-order valence-corrected chi connectivity index (χ1v) is 9.24. The van der Waals surface area contributed by atoms with Crippen LogP contribution in [0.3, 0.4) is 0 Å². The molecule has 3 N–H and O–H groups in total. The molecular formula is C22H29N3O3. The molecule has 1 atom stereocenters. The van der Waals surface area contributed by atoms with E-state index in [-0.39, 0.29) is 23.9 Å². The standard InChI is InChI=1S/C22H29N3O3/c1-15-11-12-18(28-5)17(13-15)24-21(27)20(16-9-7-6-8-10-16)23-14-19(26)25-22(2,3)4/h6-13,20,23H,14H2,1-5H3,(H,24,27)(H,25,26). The van der Waals surface area contributed by atoms with Crippen LogP contribution in [-0.4, -0.2) is 31.0 Å². The van der Waals surface area contributed by atoms with Gasteiger partial charge in [-0.05, 0) is 51.0 Å². The number of carbonyl (C=O) groups excluding carboxylic acids is 2. The van der Waals surface area contributed by atoms with E-state index in [1.807, 2.05) is 76.2 Å². The topological polar surface area (TPSA) is 79.5 Å². The van der Waals surface area contributed by atoms with Crippen LogP contribution in [-0.2, 0) is 9.59 Å². The number of benzene rings is 2. The summed E-state index contributed by atoms with van der Waals surface area (Å²) in [6.07, 6.45) is 0. The third-order valence-corrected chi connectivity index (χ3v) is 3.99. The molecule has 2 rings (SSSR count). The lowest BCUT2D eigenvalue weighted by Crippen LogP contribution is -2.46. The Morgan fingerprint density at radius 2 is 1.75 bits per heavy atom. The van der Waals surface area contributed by atoms with Crippen LogP contribution in [0, 0.1) is 6.92 Å². The average Bonchev–Trinajstić information content (AvgIpc) is 2.61. The van der Waals surface area contributed by atoms with Gasteiger partial charge in [0, 0.05) is 5.54 Å². The second-order valence-electron chi connectivity index (χ2n) is 7.72. The van der Waals surface area contributed by atoms with Gasteiger partial charge in [0.1, 0.15) is 11.8 Å². The summed E-state index contributed by atoms with van der Waals surface area (Å²) in [5.41, 5.74) is 2.03. The number of rotatable bonds is 7. The van der Waals surface area contributed by atoms with Gasteiger partial charge in [-0.15, -0.1) is 0 Å². The molecular weight excluding hydrogens is 354 g/mol. The van der Waals surface area contributed by atoms with Crippen LogP contribution in [0.1, 0.15) is 37.9 Å². The SMILES string of the molecule is COc1ccc(C)cc1NC(=O)C(NCC(=O)NC(C)(C)C)c1ccccc1. The number of anilines is 1. The quantitative estimate of drug-likeness (QED) is 0.686. The maximum absolute atomic E-state index is 13.0.